The van der Waals surface area contributed by atoms with Crippen molar-refractivity contribution in [1.82, 2.24) is 0 Å². The van der Waals surface area contributed by atoms with E-state index in [1.165, 1.54) is 0 Å². The molecule has 1 N–H and O–H groups in total. The second-order valence-corrected chi connectivity index (χ2v) is 0. The fourth-order valence-electron chi connectivity index (χ4n) is 0. The van der Waals surface area contributed by atoms with Crippen LogP contribution in [0.3, 0.4) is 0 Å². The average Bonchev–Trinajstić information content (AvgIpc) is 1.00. The van der Waals surface area contributed by atoms with Gasteiger partial charge >= 0.3 is 51.4 Å². The second kappa shape index (κ2) is 34.9. The van der Waals surface area contributed by atoms with E-state index < -0.39 is 0 Å². The van der Waals surface area contributed by atoms with Crippen LogP contribution in [0.15, 0.2) is 0 Å². The molecule has 0 heterocycles. The first-order valence-corrected chi connectivity index (χ1v) is 0.447. The van der Waals surface area contributed by atoms with Crippen LogP contribution in [0.1, 0.15) is 0 Å². The average molecular weight is 143 g/mol. The molecule has 4 heteroatoms. The van der Waals surface area contributed by atoms with E-state index in [0.29, 0.717) is 0 Å². The Bertz CT molecular complexity index is 9.61. The fraction of sp³-hybridized carbons (Fsp3) is 1.00. The Kier molecular flexibility index (Phi) is 190. The minimum atomic E-state index is 0. The van der Waals surface area contributed by atoms with Crippen LogP contribution in [-0.2, 0) is 0 Å². The molecule has 0 aliphatic rings. The maximum absolute atomic E-state index is 7.00. The quantitative estimate of drug-likeness (QED) is 0.335. The monoisotopic (exact) mass is 142 g/mol. The third-order valence-corrected chi connectivity index (χ3v) is 0. The van der Waals surface area contributed by atoms with Crippen molar-refractivity contribution in [2.24, 2.45) is 0 Å². The number of hydrogen-bond donors (Lipinski definition) is 1. The van der Waals surface area contributed by atoms with Gasteiger partial charge in [0.15, 0.2) is 0 Å². The molecule has 0 saturated heterocycles. The number of aliphatic hydroxyl groups is 1. The number of halogens is 2. The molecular weight excluding hydrogens is 138 g/mol. The van der Waals surface area contributed by atoms with Gasteiger partial charge in [-0.25, -0.2) is 0 Å². The Morgan fingerprint density at radius 2 is 1.20 bits per heavy atom. The first-order chi connectivity index (χ1) is 1.00. The van der Waals surface area contributed by atoms with Gasteiger partial charge in [0.05, 0.1) is 0 Å². The minimum absolute atomic E-state index is 0. The van der Waals surface area contributed by atoms with Gasteiger partial charge in [-0.05, 0) is 0 Å². The van der Waals surface area contributed by atoms with Crippen LogP contribution in [0.5, 0.6) is 0 Å². The maximum Gasteiger partial charge on any atom is 1.00 e. The summed E-state index contributed by atoms with van der Waals surface area (Å²) in [4.78, 5) is 0. The summed E-state index contributed by atoms with van der Waals surface area (Å²) in [6, 6.07) is 0. The third-order valence-electron chi connectivity index (χ3n) is 0. The number of aliphatic hydroxyl groups excluding tert-OH is 1. The van der Waals surface area contributed by atoms with Gasteiger partial charge in [-0.2, -0.15) is 0 Å². The summed E-state index contributed by atoms with van der Waals surface area (Å²) in [5, 5.41) is 7.00. The summed E-state index contributed by atoms with van der Waals surface area (Å²) in [5.74, 6) is 0. The Labute approximate surface area is 86.8 Å². The Hall–Kier alpha value is 2.18. The van der Waals surface area contributed by atoms with E-state index in [4.69, 9.17) is 5.11 Å². The molecule has 0 radical (unpaired) electrons. The van der Waals surface area contributed by atoms with Gasteiger partial charge in [-0.15, -0.1) is 12.4 Å². The molecular formula is CH5Cl2KO. The summed E-state index contributed by atoms with van der Waals surface area (Å²) < 4.78 is 0. The molecule has 0 aliphatic carbocycles. The van der Waals surface area contributed by atoms with Crippen LogP contribution in [0.25, 0.3) is 0 Å². The van der Waals surface area contributed by atoms with E-state index in [0.717, 1.165) is 7.11 Å². The normalized spacial score (nSPS) is 1.20. The molecule has 0 aliphatic heterocycles. The minimum Gasteiger partial charge on any atom is -1.00 e. The van der Waals surface area contributed by atoms with Crippen LogP contribution in [0.2, 0.25) is 0 Å². The van der Waals surface area contributed by atoms with Gasteiger partial charge in [0.1, 0.15) is 0 Å². The summed E-state index contributed by atoms with van der Waals surface area (Å²) in [6.45, 7) is 0. The van der Waals surface area contributed by atoms with Crippen molar-refractivity contribution in [3.8, 4) is 0 Å². The van der Waals surface area contributed by atoms with E-state index in [1.807, 2.05) is 0 Å². The van der Waals surface area contributed by atoms with Crippen molar-refractivity contribution in [3.63, 3.8) is 0 Å². The van der Waals surface area contributed by atoms with Crippen molar-refractivity contribution >= 4 is 12.4 Å². The summed E-state index contributed by atoms with van der Waals surface area (Å²) in [7, 11) is 1.00. The molecule has 0 bridgehead atoms. The standard InChI is InChI=1S/CH4O.2ClH.K/c1-2;;;/h2H,1H3;2*1H;/q;;;+1/p-1. The topological polar surface area (TPSA) is 20.2 Å². The second-order valence-electron chi connectivity index (χ2n) is 0. The van der Waals surface area contributed by atoms with E-state index in [9.17, 15) is 0 Å². The van der Waals surface area contributed by atoms with Crippen LogP contribution in [0, 0.1) is 0 Å². The summed E-state index contributed by atoms with van der Waals surface area (Å²) >= 11 is 0. The predicted octanol–water partition coefficient (Wildman–Crippen LogP) is -5.96. The van der Waals surface area contributed by atoms with E-state index in [1.54, 1.807) is 0 Å². The fourth-order valence-corrected chi connectivity index (χ4v) is 0. The van der Waals surface area contributed by atoms with Gasteiger partial charge in [-0.3, -0.25) is 0 Å². The van der Waals surface area contributed by atoms with Crippen molar-refractivity contribution < 1.29 is 68.9 Å². The third kappa shape index (κ3) is 22.7. The maximum atomic E-state index is 7.00. The van der Waals surface area contributed by atoms with Gasteiger partial charge < -0.3 is 17.5 Å². The molecule has 0 aromatic carbocycles. The zero-order valence-electron chi connectivity index (χ0n) is 3.23. The Morgan fingerprint density at radius 3 is 1.20 bits per heavy atom. The van der Waals surface area contributed by atoms with Crippen LogP contribution in [-0.4, -0.2) is 12.2 Å². The Balaban J connectivity index is -0.00000000167. The van der Waals surface area contributed by atoms with Crippen molar-refractivity contribution in [3.05, 3.63) is 0 Å². The smallest absolute Gasteiger partial charge is 1.00 e. The molecule has 0 spiro atoms. The van der Waals surface area contributed by atoms with Crippen LogP contribution in [0.4, 0.5) is 0 Å². The van der Waals surface area contributed by atoms with E-state index >= 15 is 0 Å². The molecule has 0 atom stereocenters. The molecule has 0 aromatic rings. The molecule has 5 heavy (non-hydrogen) atoms. The van der Waals surface area contributed by atoms with Gasteiger partial charge in [-0.1, -0.05) is 0 Å². The molecule has 1 nitrogen and oxygen atoms in total. The van der Waals surface area contributed by atoms with Crippen molar-refractivity contribution in [2.75, 3.05) is 7.11 Å². The van der Waals surface area contributed by atoms with E-state index in [2.05, 4.69) is 0 Å². The zero-order chi connectivity index (χ0) is 2.00. The molecule has 0 rings (SSSR count). The Morgan fingerprint density at radius 1 is 1.20 bits per heavy atom. The largest absolute Gasteiger partial charge is 1.00 e. The molecule has 30 valence electrons. The zero-order valence-corrected chi connectivity index (χ0v) is 7.93. The van der Waals surface area contributed by atoms with E-state index in [-0.39, 0.29) is 76.2 Å². The van der Waals surface area contributed by atoms with Crippen LogP contribution >= 0.6 is 12.4 Å². The van der Waals surface area contributed by atoms with Crippen LogP contribution < -0.4 is 63.8 Å². The molecule has 0 saturated carbocycles. The number of hydrogen-bond acceptors (Lipinski definition) is 1. The first kappa shape index (κ1) is 27.1. The van der Waals surface area contributed by atoms with Crippen molar-refractivity contribution in [2.45, 2.75) is 0 Å². The number of rotatable bonds is 0. The SMILES string of the molecule is CO.Cl.[Cl-].[K+]. The molecule has 0 fully saturated rings. The molecule has 0 amide bonds. The van der Waals surface area contributed by atoms with Crippen molar-refractivity contribution in [1.29, 1.82) is 0 Å². The van der Waals surface area contributed by atoms with Gasteiger partial charge in [0, 0.05) is 7.11 Å². The predicted molar refractivity (Wildman–Crippen MR) is 15.4 cm³/mol. The van der Waals surface area contributed by atoms with Gasteiger partial charge in [0.25, 0.3) is 0 Å². The summed E-state index contributed by atoms with van der Waals surface area (Å²) in [5.41, 5.74) is 0. The first-order valence-electron chi connectivity index (χ1n) is 0.447. The van der Waals surface area contributed by atoms with Gasteiger partial charge in [0.2, 0.25) is 0 Å². The molecule has 0 unspecified atom stereocenters. The summed E-state index contributed by atoms with van der Waals surface area (Å²) in [6.07, 6.45) is 0. The molecule has 0 aromatic heterocycles.